The first-order chi connectivity index (χ1) is 12.8. The van der Waals surface area contributed by atoms with Crippen molar-refractivity contribution in [2.24, 2.45) is 5.73 Å². The van der Waals surface area contributed by atoms with Crippen molar-refractivity contribution in [2.45, 2.75) is 44.2 Å². The number of aliphatic carboxylic acids is 2. The van der Waals surface area contributed by atoms with E-state index in [2.05, 4.69) is 10.6 Å². The van der Waals surface area contributed by atoms with Gasteiger partial charge in [-0.3, -0.25) is 19.2 Å². The van der Waals surface area contributed by atoms with E-state index in [4.69, 9.17) is 15.9 Å². The van der Waals surface area contributed by atoms with Crippen LogP contribution in [-0.4, -0.2) is 52.6 Å². The van der Waals surface area contributed by atoms with Gasteiger partial charge in [0.2, 0.25) is 11.8 Å². The molecule has 0 heterocycles. The van der Waals surface area contributed by atoms with E-state index in [1.807, 2.05) is 30.3 Å². The van der Waals surface area contributed by atoms with Gasteiger partial charge in [0.05, 0.1) is 6.04 Å². The van der Waals surface area contributed by atoms with E-state index in [-0.39, 0.29) is 38.6 Å². The smallest absolute Gasteiger partial charge is 0.303 e. The Balaban J connectivity index is 2.60. The van der Waals surface area contributed by atoms with Crippen LogP contribution in [0.3, 0.4) is 0 Å². The molecule has 1 rings (SSSR count). The molecule has 2 amide bonds. The lowest BCUT2D eigenvalue weighted by Gasteiger charge is -2.20. The number of hydrogen-bond acceptors (Lipinski definition) is 5. The van der Waals surface area contributed by atoms with E-state index in [9.17, 15) is 19.2 Å². The zero-order chi connectivity index (χ0) is 20.2. The molecule has 2 atom stereocenters. The molecule has 0 aliphatic heterocycles. The predicted octanol–water partition coefficient (Wildman–Crippen LogP) is -0.113. The fourth-order valence-electron chi connectivity index (χ4n) is 2.35. The third kappa shape index (κ3) is 9.36. The number of carboxylic acids is 2. The molecule has 148 valence electrons. The summed E-state index contributed by atoms with van der Waals surface area (Å²) in [6.07, 6.45) is 0.00639. The zero-order valence-corrected chi connectivity index (χ0v) is 14.9. The Labute approximate surface area is 156 Å². The molecule has 27 heavy (non-hydrogen) atoms. The molecular formula is C18H25N3O6. The lowest BCUT2D eigenvalue weighted by molar-refractivity contribution is -0.138. The Morgan fingerprint density at radius 3 is 2.19 bits per heavy atom. The van der Waals surface area contributed by atoms with Gasteiger partial charge in [-0.05, 0) is 24.8 Å². The van der Waals surface area contributed by atoms with Gasteiger partial charge < -0.3 is 26.6 Å². The van der Waals surface area contributed by atoms with Crippen LogP contribution in [0.25, 0.3) is 0 Å². The second kappa shape index (κ2) is 11.6. The lowest BCUT2D eigenvalue weighted by atomic mass is 10.0. The van der Waals surface area contributed by atoms with Gasteiger partial charge in [-0.1, -0.05) is 30.3 Å². The highest BCUT2D eigenvalue weighted by Gasteiger charge is 2.24. The van der Waals surface area contributed by atoms with Gasteiger partial charge in [0, 0.05) is 19.4 Å². The molecule has 0 aliphatic rings. The molecule has 0 aromatic heterocycles. The summed E-state index contributed by atoms with van der Waals surface area (Å²) < 4.78 is 0. The van der Waals surface area contributed by atoms with Crippen molar-refractivity contribution in [3.63, 3.8) is 0 Å². The summed E-state index contributed by atoms with van der Waals surface area (Å²) >= 11 is 0. The van der Waals surface area contributed by atoms with Crippen LogP contribution in [0.5, 0.6) is 0 Å². The van der Waals surface area contributed by atoms with E-state index in [1.54, 1.807) is 0 Å². The number of nitrogens with two attached hydrogens (primary N) is 1. The molecule has 0 fully saturated rings. The average molecular weight is 379 g/mol. The van der Waals surface area contributed by atoms with Gasteiger partial charge >= 0.3 is 11.9 Å². The van der Waals surface area contributed by atoms with Crippen LogP contribution in [0.4, 0.5) is 0 Å². The number of carbonyl (C=O) groups excluding carboxylic acids is 2. The lowest BCUT2D eigenvalue weighted by Crippen LogP contribution is -2.52. The Kier molecular flexibility index (Phi) is 9.52. The maximum absolute atomic E-state index is 12.3. The van der Waals surface area contributed by atoms with Crippen molar-refractivity contribution in [2.75, 3.05) is 6.54 Å². The quantitative estimate of drug-likeness (QED) is 0.317. The fourth-order valence-corrected chi connectivity index (χ4v) is 2.35. The van der Waals surface area contributed by atoms with E-state index >= 15 is 0 Å². The molecule has 0 saturated carbocycles. The Morgan fingerprint density at radius 2 is 1.59 bits per heavy atom. The largest absolute Gasteiger partial charge is 0.481 e. The molecule has 0 aliphatic carbocycles. The molecule has 6 N–H and O–H groups in total. The molecule has 0 unspecified atom stereocenters. The van der Waals surface area contributed by atoms with Crippen molar-refractivity contribution < 1.29 is 29.4 Å². The Hall–Kier alpha value is -2.94. The molecule has 0 saturated heterocycles. The zero-order valence-electron chi connectivity index (χ0n) is 14.9. The molecule has 0 radical (unpaired) electrons. The van der Waals surface area contributed by atoms with Crippen LogP contribution >= 0.6 is 0 Å². The highest BCUT2D eigenvalue weighted by atomic mass is 16.4. The standard InChI is InChI=1S/C18H25N3O6/c19-13(11-12-5-2-1-3-6-12)17(26)21-14(8-9-16(24)25)18(27)20-10-4-7-15(22)23/h1-3,5-6,13-14H,4,7-11,19H2,(H,20,27)(H,21,26)(H,22,23)(H,24,25)/t13-,14-/m0/s1. The van der Waals surface area contributed by atoms with Crippen LogP contribution in [-0.2, 0) is 25.6 Å². The first-order valence-electron chi connectivity index (χ1n) is 8.60. The first kappa shape index (κ1) is 22.1. The minimum atomic E-state index is -1.10. The molecule has 9 nitrogen and oxygen atoms in total. The first-order valence-corrected chi connectivity index (χ1v) is 8.60. The van der Waals surface area contributed by atoms with E-state index < -0.39 is 35.8 Å². The van der Waals surface area contributed by atoms with Crippen molar-refractivity contribution in [3.05, 3.63) is 35.9 Å². The van der Waals surface area contributed by atoms with Crippen LogP contribution in [0.15, 0.2) is 30.3 Å². The summed E-state index contributed by atoms with van der Waals surface area (Å²) in [7, 11) is 0. The number of carbonyl (C=O) groups is 4. The highest BCUT2D eigenvalue weighted by molar-refractivity contribution is 5.90. The molecule has 9 heteroatoms. The van der Waals surface area contributed by atoms with Gasteiger partial charge in [-0.15, -0.1) is 0 Å². The average Bonchev–Trinajstić information content (AvgIpc) is 2.62. The van der Waals surface area contributed by atoms with E-state index in [0.717, 1.165) is 5.56 Å². The minimum Gasteiger partial charge on any atom is -0.481 e. The number of hydrogen-bond donors (Lipinski definition) is 5. The van der Waals surface area contributed by atoms with E-state index in [1.165, 1.54) is 0 Å². The summed E-state index contributed by atoms with van der Waals surface area (Å²) in [5.74, 6) is -3.20. The SMILES string of the molecule is N[C@@H](Cc1ccccc1)C(=O)N[C@@H](CCC(=O)O)C(=O)NCCCC(=O)O. The summed E-state index contributed by atoms with van der Waals surface area (Å²) in [4.78, 5) is 45.8. The topological polar surface area (TPSA) is 159 Å². The second-order valence-electron chi connectivity index (χ2n) is 6.08. The predicted molar refractivity (Wildman–Crippen MR) is 96.8 cm³/mol. The summed E-state index contributed by atoms with van der Waals surface area (Å²) in [5, 5.41) is 22.4. The monoisotopic (exact) mass is 379 g/mol. The Morgan fingerprint density at radius 1 is 0.963 bits per heavy atom. The van der Waals surface area contributed by atoms with Crippen molar-refractivity contribution >= 4 is 23.8 Å². The number of carboxylic acid groups (broad SMARTS) is 2. The third-order valence-corrected chi connectivity index (χ3v) is 3.78. The van der Waals surface area contributed by atoms with Crippen LogP contribution in [0.1, 0.15) is 31.2 Å². The number of benzene rings is 1. The van der Waals surface area contributed by atoms with Gasteiger partial charge in [-0.25, -0.2) is 0 Å². The van der Waals surface area contributed by atoms with Crippen molar-refractivity contribution in [3.8, 4) is 0 Å². The van der Waals surface area contributed by atoms with Crippen molar-refractivity contribution in [1.82, 2.24) is 10.6 Å². The maximum Gasteiger partial charge on any atom is 0.303 e. The summed E-state index contributed by atoms with van der Waals surface area (Å²) in [6, 6.07) is 7.18. The highest BCUT2D eigenvalue weighted by Crippen LogP contribution is 2.04. The number of amides is 2. The molecule has 0 spiro atoms. The van der Waals surface area contributed by atoms with Gasteiger partial charge in [0.25, 0.3) is 0 Å². The molecule has 1 aromatic carbocycles. The normalized spacial score (nSPS) is 12.6. The van der Waals surface area contributed by atoms with Crippen LogP contribution < -0.4 is 16.4 Å². The fraction of sp³-hybridized carbons (Fsp3) is 0.444. The molecular weight excluding hydrogens is 354 g/mol. The second-order valence-corrected chi connectivity index (χ2v) is 6.08. The van der Waals surface area contributed by atoms with Crippen molar-refractivity contribution in [1.29, 1.82) is 0 Å². The van der Waals surface area contributed by atoms with Gasteiger partial charge in [0.1, 0.15) is 6.04 Å². The molecule has 1 aromatic rings. The number of rotatable bonds is 12. The van der Waals surface area contributed by atoms with Crippen LogP contribution in [0, 0.1) is 0 Å². The maximum atomic E-state index is 12.3. The minimum absolute atomic E-state index is 0.0934. The molecule has 0 bridgehead atoms. The van der Waals surface area contributed by atoms with E-state index in [0.29, 0.717) is 0 Å². The van der Waals surface area contributed by atoms with Crippen LogP contribution in [0.2, 0.25) is 0 Å². The summed E-state index contributed by atoms with van der Waals surface area (Å²) in [5.41, 5.74) is 6.74. The van der Waals surface area contributed by atoms with Gasteiger partial charge in [0.15, 0.2) is 0 Å². The Bertz CT molecular complexity index is 650. The third-order valence-electron chi connectivity index (χ3n) is 3.78. The summed E-state index contributed by atoms with van der Waals surface area (Å²) in [6.45, 7) is 0.112. The van der Waals surface area contributed by atoms with Gasteiger partial charge in [-0.2, -0.15) is 0 Å². The number of nitrogens with one attached hydrogen (secondary N) is 2.